The number of nitrogens with zero attached hydrogens (tertiary/aromatic N) is 1. The Bertz CT molecular complexity index is 1030. The molecule has 0 aliphatic carbocycles. The van der Waals surface area contributed by atoms with E-state index < -0.39 is 0 Å². The SMILES string of the molecule is O=C(Nc1ccc(N2CCNC2=O)cc1)c1ccc(NC(=O)c2ccco2)cc1. The van der Waals surface area contributed by atoms with Gasteiger partial charge < -0.3 is 20.4 Å². The number of carbonyl (C=O) groups is 3. The van der Waals surface area contributed by atoms with Crippen molar-refractivity contribution in [3.63, 3.8) is 0 Å². The fraction of sp³-hybridized carbons (Fsp3) is 0.0952. The van der Waals surface area contributed by atoms with Gasteiger partial charge in [-0.1, -0.05) is 0 Å². The van der Waals surface area contributed by atoms with Gasteiger partial charge in [0.25, 0.3) is 11.8 Å². The molecule has 0 saturated carbocycles. The Hall–Kier alpha value is -4.07. The van der Waals surface area contributed by atoms with Crippen LogP contribution in [0.1, 0.15) is 20.9 Å². The lowest BCUT2D eigenvalue weighted by atomic mass is 10.2. The van der Waals surface area contributed by atoms with Crippen LogP contribution in [0.25, 0.3) is 0 Å². The van der Waals surface area contributed by atoms with Crippen molar-refractivity contribution in [3.8, 4) is 0 Å². The summed E-state index contributed by atoms with van der Waals surface area (Å²) in [6, 6.07) is 16.7. The Morgan fingerprint density at radius 1 is 0.897 bits per heavy atom. The highest BCUT2D eigenvalue weighted by Gasteiger charge is 2.20. The third-order valence-corrected chi connectivity index (χ3v) is 4.44. The fourth-order valence-electron chi connectivity index (χ4n) is 2.95. The summed E-state index contributed by atoms with van der Waals surface area (Å²) in [5.41, 5.74) is 2.39. The molecule has 8 heteroatoms. The van der Waals surface area contributed by atoms with Gasteiger partial charge in [-0.3, -0.25) is 14.5 Å². The van der Waals surface area contributed by atoms with E-state index in [0.29, 0.717) is 30.0 Å². The van der Waals surface area contributed by atoms with Gasteiger partial charge in [0.05, 0.1) is 6.26 Å². The van der Waals surface area contributed by atoms with Crippen molar-refractivity contribution in [1.82, 2.24) is 5.32 Å². The predicted molar refractivity (Wildman–Crippen MR) is 108 cm³/mol. The Morgan fingerprint density at radius 3 is 2.14 bits per heavy atom. The Labute approximate surface area is 166 Å². The van der Waals surface area contributed by atoms with E-state index in [2.05, 4.69) is 16.0 Å². The Balaban J connectivity index is 1.37. The molecule has 0 spiro atoms. The number of urea groups is 1. The number of anilines is 3. The molecule has 0 unspecified atom stereocenters. The molecule has 2 aromatic carbocycles. The maximum atomic E-state index is 12.4. The van der Waals surface area contributed by atoms with Crippen molar-refractivity contribution in [2.45, 2.75) is 0 Å². The summed E-state index contributed by atoms with van der Waals surface area (Å²) in [6.07, 6.45) is 1.43. The number of carbonyl (C=O) groups excluding carboxylic acids is 3. The van der Waals surface area contributed by atoms with Crippen molar-refractivity contribution in [2.24, 2.45) is 0 Å². The largest absolute Gasteiger partial charge is 0.459 e. The maximum Gasteiger partial charge on any atom is 0.321 e. The number of rotatable bonds is 5. The summed E-state index contributed by atoms with van der Waals surface area (Å²) in [5, 5.41) is 8.25. The lowest BCUT2D eigenvalue weighted by Gasteiger charge is -2.14. The van der Waals surface area contributed by atoms with Crippen LogP contribution in [0.5, 0.6) is 0 Å². The van der Waals surface area contributed by atoms with Crippen LogP contribution in [0.3, 0.4) is 0 Å². The predicted octanol–water partition coefficient (Wildman–Crippen LogP) is 3.31. The van der Waals surface area contributed by atoms with Gasteiger partial charge in [-0.15, -0.1) is 0 Å². The molecule has 1 saturated heterocycles. The summed E-state index contributed by atoms with van der Waals surface area (Å²) >= 11 is 0. The molecule has 1 aliphatic heterocycles. The van der Waals surface area contributed by atoms with Gasteiger partial charge in [0.1, 0.15) is 0 Å². The summed E-state index contributed by atoms with van der Waals surface area (Å²) < 4.78 is 5.04. The fourth-order valence-corrected chi connectivity index (χ4v) is 2.95. The van der Waals surface area contributed by atoms with E-state index in [4.69, 9.17) is 4.42 Å². The molecule has 3 aromatic rings. The topological polar surface area (TPSA) is 104 Å². The zero-order chi connectivity index (χ0) is 20.2. The molecule has 8 nitrogen and oxygen atoms in total. The standard InChI is InChI=1S/C21H18N4O4/c26-19(23-16-7-9-17(10-8-16)25-12-11-22-21(25)28)14-3-5-15(6-4-14)24-20(27)18-2-1-13-29-18/h1-10,13H,11-12H2,(H,22,28)(H,23,26)(H,24,27). The second kappa shape index (κ2) is 7.89. The first-order valence-electron chi connectivity index (χ1n) is 9.02. The molecule has 3 N–H and O–H groups in total. The number of benzene rings is 2. The molecule has 1 fully saturated rings. The van der Waals surface area contributed by atoms with Gasteiger partial charge in [-0.2, -0.15) is 0 Å². The molecule has 4 amide bonds. The van der Waals surface area contributed by atoms with Crippen molar-refractivity contribution < 1.29 is 18.8 Å². The van der Waals surface area contributed by atoms with Crippen molar-refractivity contribution in [3.05, 3.63) is 78.3 Å². The number of hydrogen-bond acceptors (Lipinski definition) is 4. The minimum absolute atomic E-state index is 0.124. The van der Waals surface area contributed by atoms with Crippen LogP contribution in [0.4, 0.5) is 21.9 Å². The van der Waals surface area contributed by atoms with Gasteiger partial charge >= 0.3 is 6.03 Å². The molecule has 0 atom stereocenters. The first-order valence-corrected chi connectivity index (χ1v) is 9.02. The molecule has 4 rings (SSSR count). The monoisotopic (exact) mass is 390 g/mol. The minimum Gasteiger partial charge on any atom is -0.459 e. The highest BCUT2D eigenvalue weighted by atomic mass is 16.3. The van der Waals surface area contributed by atoms with Crippen LogP contribution in [0.15, 0.2) is 71.3 Å². The minimum atomic E-state index is -0.362. The first kappa shape index (κ1) is 18.3. The number of furan rings is 1. The summed E-state index contributed by atoms with van der Waals surface area (Å²) in [6.45, 7) is 1.24. The summed E-state index contributed by atoms with van der Waals surface area (Å²) in [5.74, 6) is -0.429. The van der Waals surface area contributed by atoms with Crippen LogP contribution >= 0.6 is 0 Å². The highest BCUT2D eigenvalue weighted by Crippen LogP contribution is 2.20. The molecule has 29 heavy (non-hydrogen) atoms. The van der Waals surface area contributed by atoms with E-state index in [0.717, 1.165) is 5.69 Å². The zero-order valence-electron chi connectivity index (χ0n) is 15.3. The van der Waals surface area contributed by atoms with Crippen molar-refractivity contribution in [2.75, 3.05) is 28.6 Å². The number of amides is 4. The van der Waals surface area contributed by atoms with Gasteiger partial charge in [-0.25, -0.2) is 4.79 Å². The van der Waals surface area contributed by atoms with E-state index in [-0.39, 0.29) is 23.6 Å². The lowest BCUT2D eigenvalue weighted by Crippen LogP contribution is -2.27. The Morgan fingerprint density at radius 2 is 1.55 bits per heavy atom. The van der Waals surface area contributed by atoms with Gasteiger partial charge in [0, 0.05) is 35.7 Å². The normalized spacial score (nSPS) is 13.1. The zero-order valence-corrected chi connectivity index (χ0v) is 15.3. The summed E-state index contributed by atoms with van der Waals surface area (Å²) in [7, 11) is 0. The number of nitrogens with one attached hydrogen (secondary N) is 3. The van der Waals surface area contributed by atoms with Crippen LogP contribution in [0.2, 0.25) is 0 Å². The van der Waals surface area contributed by atoms with E-state index >= 15 is 0 Å². The molecular weight excluding hydrogens is 372 g/mol. The second-order valence-electron chi connectivity index (χ2n) is 6.39. The molecule has 2 heterocycles. The van der Waals surface area contributed by atoms with Crippen LogP contribution in [0, 0.1) is 0 Å². The smallest absolute Gasteiger partial charge is 0.321 e. The van der Waals surface area contributed by atoms with Crippen molar-refractivity contribution >= 4 is 34.9 Å². The van der Waals surface area contributed by atoms with Gasteiger partial charge in [0.2, 0.25) is 0 Å². The van der Waals surface area contributed by atoms with Gasteiger partial charge in [-0.05, 0) is 60.7 Å². The molecule has 0 bridgehead atoms. The molecule has 1 aliphatic rings. The van der Waals surface area contributed by atoms with Gasteiger partial charge in [0.15, 0.2) is 5.76 Å². The Kier molecular flexibility index (Phi) is 4.98. The van der Waals surface area contributed by atoms with E-state index in [1.165, 1.54) is 6.26 Å². The quantitative estimate of drug-likeness (QED) is 0.622. The average molecular weight is 390 g/mol. The number of hydrogen-bond donors (Lipinski definition) is 3. The lowest BCUT2D eigenvalue weighted by molar-refractivity contribution is 0.0995. The summed E-state index contributed by atoms with van der Waals surface area (Å²) in [4.78, 5) is 37.7. The third-order valence-electron chi connectivity index (χ3n) is 4.44. The molecule has 0 radical (unpaired) electrons. The molecule has 1 aromatic heterocycles. The first-order chi connectivity index (χ1) is 14.1. The highest BCUT2D eigenvalue weighted by molar-refractivity contribution is 6.05. The second-order valence-corrected chi connectivity index (χ2v) is 6.39. The van der Waals surface area contributed by atoms with Crippen molar-refractivity contribution in [1.29, 1.82) is 0 Å². The average Bonchev–Trinajstić information content (AvgIpc) is 3.41. The van der Waals surface area contributed by atoms with Crippen LogP contribution < -0.4 is 20.9 Å². The van der Waals surface area contributed by atoms with E-state index in [1.54, 1.807) is 65.6 Å². The van der Waals surface area contributed by atoms with Crippen LogP contribution in [-0.4, -0.2) is 30.9 Å². The molecule has 146 valence electrons. The van der Waals surface area contributed by atoms with E-state index in [9.17, 15) is 14.4 Å². The third kappa shape index (κ3) is 4.11. The van der Waals surface area contributed by atoms with E-state index in [1.807, 2.05) is 0 Å². The van der Waals surface area contributed by atoms with Crippen LogP contribution in [-0.2, 0) is 0 Å². The molecular formula is C21H18N4O4. The maximum absolute atomic E-state index is 12.4.